The van der Waals surface area contributed by atoms with Crippen LogP contribution in [0, 0.1) is 17.3 Å². The van der Waals surface area contributed by atoms with Gasteiger partial charge in [0.2, 0.25) is 5.91 Å². The maximum absolute atomic E-state index is 12.9. The molecule has 0 saturated carbocycles. The number of allylic oxidation sites excluding steroid dienone is 1. The molecule has 174 valence electrons. The molecule has 34 heavy (non-hydrogen) atoms. The zero-order valence-corrected chi connectivity index (χ0v) is 20.0. The second kappa shape index (κ2) is 10.3. The van der Waals surface area contributed by atoms with Crippen LogP contribution in [0.1, 0.15) is 49.5 Å². The summed E-state index contributed by atoms with van der Waals surface area (Å²) in [7, 11) is 0. The third kappa shape index (κ3) is 5.22. The lowest BCUT2D eigenvalue weighted by Gasteiger charge is -2.23. The van der Waals surface area contributed by atoms with Crippen LogP contribution < -0.4 is 10.6 Å². The Labute approximate surface area is 202 Å². The fraction of sp³-hybridized carbons (Fsp3) is 0.300. The van der Waals surface area contributed by atoms with Crippen LogP contribution in [0.2, 0.25) is 0 Å². The number of rotatable bonds is 6. The van der Waals surface area contributed by atoms with Crippen LogP contribution in [0.25, 0.3) is 10.8 Å². The minimum atomic E-state index is -0.870. The van der Waals surface area contributed by atoms with E-state index in [1.54, 1.807) is 19.9 Å². The van der Waals surface area contributed by atoms with Crippen LogP contribution >= 0.6 is 0 Å². The number of hydrogen-bond acceptors (Lipinski definition) is 3. The average Bonchev–Trinajstić information content (AvgIpc) is 3.15. The van der Waals surface area contributed by atoms with Gasteiger partial charge in [-0.05, 0) is 54.3 Å². The normalized spacial score (nSPS) is 18.4. The summed E-state index contributed by atoms with van der Waals surface area (Å²) in [6, 6.07) is 22.4. The Bertz CT molecular complexity index is 1260. The molecule has 1 aliphatic carbocycles. The van der Waals surface area contributed by atoms with Gasteiger partial charge >= 0.3 is 0 Å². The molecule has 3 N–H and O–H groups in total. The Morgan fingerprint density at radius 3 is 2.71 bits per heavy atom. The summed E-state index contributed by atoms with van der Waals surface area (Å²) in [5, 5.41) is 19.4. The van der Waals surface area contributed by atoms with Crippen LogP contribution in [0.4, 0.5) is 0 Å². The minimum Gasteiger partial charge on any atom is -0.390 e. The van der Waals surface area contributed by atoms with E-state index in [1.807, 2.05) is 30.3 Å². The lowest BCUT2D eigenvalue weighted by molar-refractivity contribution is -0.128. The second-order valence-corrected chi connectivity index (χ2v) is 9.42. The van der Waals surface area contributed by atoms with Crippen LogP contribution in [0.3, 0.4) is 0 Å². The Morgan fingerprint density at radius 1 is 1.12 bits per heavy atom. The molecule has 0 fully saturated rings. The second-order valence-electron chi connectivity index (χ2n) is 9.42. The molecular weight excluding hydrogens is 420 g/mol. The van der Waals surface area contributed by atoms with E-state index in [2.05, 4.69) is 71.9 Å². The van der Waals surface area contributed by atoms with Crippen LogP contribution in [0.15, 0.2) is 78.9 Å². The zero-order valence-electron chi connectivity index (χ0n) is 20.0. The van der Waals surface area contributed by atoms with Gasteiger partial charge in [0.25, 0.3) is 0 Å². The highest BCUT2D eigenvalue weighted by atomic mass is 16.3. The van der Waals surface area contributed by atoms with Crippen molar-refractivity contribution in [2.75, 3.05) is 6.54 Å². The number of amides is 1. The fourth-order valence-corrected chi connectivity index (χ4v) is 4.45. The number of benzene rings is 3. The van der Waals surface area contributed by atoms with Crippen molar-refractivity contribution in [3.63, 3.8) is 0 Å². The molecule has 1 aliphatic rings. The smallest absolute Gasteiger partial charge is 0.238 e. The molecule has 3 aromatic carbocycles. The number of aliphatic hydroxyl groups is 1. The van der Waals surface area contributed by atoms with E-state index < -0.39 is 11.5 Å². The van der Waals surface area contributed by atoms with Gasteiger partial charge in [0.15, 0.2) is 0 Å². The molecule has 3 aromatic rings. The van der Waals surface area contributed by atoms with E-state index >= 15 is 0 Å². The maximum atomic E-state index is 12.9. The monoisotopic (exact) mass is 452 g/mol. The van der Waals surface area contributed by atoms with Crippen molar-refractivity contribution in [2.45, 2.75) is 45.4 Å². The molecule has 4 rings (SSSR count). The van der Waals surface area contributed by atoms with Gasteiger partial charge in [-0.2, -0.15) is 0 Å². The average molecular weight is 453 g/mol. The summed E-state index contributed by atoms with van der Waals surface area (Å²) in [5.41, 5.74) is 2.47. The lowest BCUT2D eigenvalue weighted by atomic mass is 9.92. The Kier molecular flexibility index (Phi) is 7.17. The number of carbonyl (C=O) groups excluding carboxylic acids is 1. The molecular formula is C30H32N2O2. The molecule has 3 atom stereocenters. The van der Waals surface area contributed by atoms with Gasteiger partial charge in [-0.1, -0.05) is 84.6 Å². The minimum absolute atomic E-state index is 0.183. The Morgan fingerprint density at radius 2 is 1.85 bits per heavy atom. The van der Waals surface area contributed by atoms with Gasteiger partial charge in [0.05, 0.1) is 12.1 Å². The van der Waals surface area contributed by atoms with Gasteiger partial charge in [0.1, 0.15) is 5.41 Å². The van der Waals surface area contributed by atoms with E-state index in [0.29, 0.717) is 13.0 Å². The van der Waals surface area contributed by atoms with E-state index in [0.717, 1.165) is 11.1 Å². The summed E-state index contributed by atoms with van der Waals surface area (Å²) >= 11 is 0. The van der Waals surface area contributed by atoms with Crippen molar-refractivity contribution in [1.82, 2.24) is 10.6 Å². The first-order valence-electron chi connectivity index (χ1n) is 11.8. The third-order valence-corrected chi connectivity index (χ3v) is 6.48. The molecule has 0 aromatic heterocycles. The molecule has 0 aliphatic heterocycles. The molecule has 0 heterocycles. The van der Waals surface area contributed by atoms with Crippen molar-refractivity contribution < 1.29 is 9.90 Å². The summed E-state index contributed by atoms with van der Waals surface area (Å²) in [6.45, 7) is 6.44. The molecule has 4 heteroatoms. The van der Waals surface area contributed by atoms with E-state index in [4.69, 9.17) is 0 Å². The fourth-order valence-electron chi connectivity index (χ4n) is 4.45. The first kappa shape index (κ1) is 23.8. The van der Waals surface area contributed by atoms with Gasteiger partial charge in [-0.25, -0.2) is 0 Å². The first-order chi connectivity index (χ1) is 16.4. The molecule has 4 nitrogen and oxygen atoms in total. The highest BCUT2D eigenvalue weighted by Crippen LogP contribution is 2.32. The van der Waals surface area contributed by atoms with Crippen molar-refractivity contribution in [1.29, 1.82) is 0 Å². The van der Waals surface area contributed by atoms with Gasteiger partial charge in [-0.3, -0.25) is 4.79 Å². The van der Waals surface area contributed by atoms with E-state index in [-0.39, 0.29) is 18.0 Å². The number of carbonyl (C=O) groups is 1. The van der Waals surface area contributed by atoms with Crippen molar-refractivity contribution in [3.8, 4) is 11.8 Å². The summed E-state index contributed by atoms with van der Waals surface area (Å²) in [5.74, 6) is 5.88. The van der Waals surface area contributed by atoms with Gasteiger partial charge in [-0.15, -0.1) is 0 Å². The number of nitrogens with one attached hydrogen (secondary N) is 2. The summed E-state index contributed by atoms with van der Waals surface area (Å²) < 4.78 is 0. The van der Waals surface area contributed by atoms with Crippen LogP contribution in [-0.4, -0.2) is 23.7 Å². The lowest BCUT2D eigenvalue weighted by Crippen LogP contribution is -2.41. The zero-order chi connectivity index (χ0) is 24.1. The van der Waals surface area contributed by atoms with Gasteiger partial charge in [0, 0.05) is 19.0 Å². The van der Waals surface area contributed by atoms with Crippen LogP contribution in [-0.2, 0) is 11.2 Å². The predicted octanol–water partition coefficient (Wildman–Crippen LogP) is 4.85. The highest BCUT2D eigenvalue weighted by molar-refractivity contribution is 5.86. The number of hydrogen-bond donors (Lipinski definition) is 3. The van der Waals surface area contributed by atoms with E-state index in [9.17, 15) is 9.90 Å². The number of aliphatic hydroxyl groups excluding tert-OH is 1. The Balaban J connectivity index is 1.32. The van der Waals surface area contributed by atoms with Crippen LogP contribution in [0.5, 0.6) is 0 Å². The van der Waals surface area contributed by atoms with Crippen molar-refractivity contribution in [3.05, 3.63) is 95.6 Å². The first-order valence-corrected chi connectivity index (χ1v) is 11.8. The molecule has 0 radical (unpaired) electrons. The molecule has 1 amide bonds. The largest absolute Gasteiger partial charge is 0.390 e. The quantitative estimate of drug-likeness (QED) is 0.469. The van der Waals surface area contributed by atoms with E-state index in [1.165, 1.54) is 16.3 Å². The van der Waals surface area contributed by atoms with Crippen molar-refractivity contribution >= 4 is 16.7 Å². The number of fused-ring (bicyclic) bond motifs is 2. The molecule has 0 bridgehead atoms. The SMILES string of the molecule is C[C@@H](NCC=CC#CC(C)(C)C(=O)N[C@H]1c2ccccc2C[C@H]1O)c1cccc2ccccc12. The maximum Gasteiger partial charge on any atom is 0.238 e. The van der Waals surface area contributed by atoms with Crippen molar-refractivity contribution in [2.24, 2.45) is 5.41 Å². The molecule has 0 spiro atoms. The van der Waals surface area contributed by atoms with Gasteiger partial charge < -0.3 is 15.7 Å². The molecule has 0 unspecified atom stereocenters. The highest BCUT2D eigenvalue weighted by Gasteiger charge is 2.35. The Hall–Kier alpha value is -3.39. The summed E-state index contributed by atoms with van der Waals surface area (Å²) in [6.07, 6.45) is 3.71. The third-order valence-electron chi connectivity index (χ3n) is 6.48. The standard InChI is InChI=1S/C30H32N2O2/c1-21(24-17-11-14-22-12-5-7-15-25(22)24)31-19-10-4-9-18-30(2,3)29(34)32-28-26-16-8-6-13-23(26)20-27(28)33/h4-8,10-17,21,27-28,31,33H,19-20H2,1-3H3,(H,32,34)/t21-,27-,28+/m1/s1. The molecule has 0 saturated heterocycles. The topological polar surface area (TPSA) is 61.4 Å². The summed E-state index contributed by atoms with van der Waals surface area (Å²) in [4.78, 5) is 12.9. The predicted molar refractivity (Wildman–Crippen MR) is 138 cm³/mol.